The van der Waals surface area contributed by atoms with E-state index in [-0.39, 0.29) is 0 Å². The van der Waals surface area contributed by atoms with Crippen molar-refractivity contribution in [3.63, 3.8) is 0 Å². The zero-order valence-corrected chi connectivity index (χ0v) is 12.6. The summed E-state index contributed by atoms with van der Waals surface area (Å²) in [4.78, 5) is 9.13. The number of aryl methyl sites for hydroxylation is 1. The lowest BCUT2D eigenvalue weighted by Gasteiger charge is -2.27. The molecule has 19 heavy (non-hydrogen) atoms. The van der Waals surface area contributed by atoms with Gasteiger partial charge in [-0.25, -0.2) is 9.97 Å². The van der Waals surface area contributed by atoms with E-state index >= 15 is 0 Å². The molecule has 3 nitrogen and oxygen atoms in total. The van der Waals surface area contributed by atoms with Gasteiger partial charge in [0.15, 0.2) is 0 Å². The van der Waals surface area contributed by atoms with Crippen molar-refractivity contribution in [3.05, 3.63) is 23.3 Å². The number of nitrogens with zero attached hydrogens (tertiary/aromatic N) is 2. The van der Waals surface area contributed by atoms with Crippen LogP contribution in [0.15, 0.2) is 6.33 Å². The van der Waals surface area contributed by atoms with E-state index in [1.165, 1.54) is 42.6 Å². The monoisotopic (exact) mass is 261 g/mol. The Morgan fingerprint density at radius 3 is 2.74 bits per heavy atom. The normalized spacial score (nSPS) is 17.8. The average Bonchev–Trinajstić information content (AvgIpc) is 2.46. The molecule has 2 unspecified atom stereocenters. The maximum Gasteiger partial charge on any atom is 0.115 e. The van der Waals surface area contributed by atoms with E-state index in [1.807, 2.05) is 0 Å². The first-order valence-electron chi connectivity index (χ1n) is 7.83. The zero-order chi connectivity index (χ0) is 13.7. The highest BCUT2D eigenvalue weighted by Gasteiger charge is 2.24. The molecule has 0 aliphatic heterocycles. The second-order valence-corrected chi connectivity index (χ2v) is 5.65. The molecule has 1 heterocycles. The van der Waals surface area contributed by atoms with E-state index in [1.54, 1.807) is 6.33 Å². The minimum atomic E-state index is 0.492. The summed E-state index contributed by atoms with van der Waals surface area (Å²) in [5, 5.41) is 3.63. The van der Waals surface area contributed by atoms with Crippen LogP contribution in [-0.2, 0) is 12.8 Å². The summed E-state index contributed by atoms with van der Waals surface area (Å²) in [5.41, 5.74) is 4.06. The summed E-state index contributed by atoms with van der Waals surface area (Å²) < 4.78 is 0. The molecule has 1 aromatic rings. The fourth-order valence-electron chi connectivity index (χ4n) is 3.16. The molecule has 1 aliphatic rings. The largest absolute Gasteiger partial charge is 0.314 e. The zero-order valence-electron chi connectivity index (χ0n) is 12.6. The lowest BCUT2D eigenvalue weighted by molar-refractivity contribution is 0.437. The molecule has 0 amide bonds. The molecule has 0 fully saturated rings. The Balaban J connectivity index is 2.22. The molecule has 0 saturated carbocycles. The fourth-order valence-corrected chi connectivity index (χ4v) is 3.16. The second-order valence-electron chi connectivity index (χ2n) is 5.65. The van der Waals surface area contributed by atoms with Crippen molar-refractivity contribution in [1.82, 2.24) is 15.3 Å². The van der Waals surface area contributed by atoms with Crippen LogP contribution in [-0.4, -0.2) is 22.6 Å². The first-order chi connectivity index (χ1) is 9.27. The predicted molar refractivity (Wildman–Crippen MR) is 79.5 cm³/mol. The van der Waals surface area contributed by atoms with Crippen LogP contribution in [0.2, 0.25) is 0 Å². The van der Waals surface area contributed by atoms with Crippen molar-refractivity contribution in [2.45, 2.75) is 71.3 Å². The third kappa shape index (κ3) is 3.33. The van der Waals surface area contributed by atoms with E-state index in [0.717, 1.165) is 19.4 Å². The maximum absolute atomic E-state index is 4.64. The van der Waals surface area contributed by atoms with Gasteiger partial charge in [0.25, 0.3) is 0 Å². The topological polar surface area (TPSA) is 37.8 Å². The lowest BCUT2D eigenvalue weighted by Crippen LogP contribution is -2.34. The van der Waals surface area contributed by atoms with Gasteiger partial charge in [-0.1, -0.05) is 13.8 Å². The summed E-state index contributed by atoms with van der Waals surface area (Å²) in [7, 11) is 0. The van der Waals surface area contributed by atoms with Gasteiger partial charge < -0.3 is 5.32 Å². The molecule has 106 valence electrons. The Bertz CT molecular complexity index is 403. The molecule has 2 rings (SSSR count). The summed E-state index contributed by atoms with van der Waals surface area (Å²) in [6.07, 6.45) is 8.98. The quantitative estimate of drug-likeness (QED) is 0.854. The summed E-state index contributed by atoms with van der Waals surface area (Å²) in [5.74, 6) is 0.515. The average molecular weight is 261 g/mol. The number of nitrogens with one attached hydrogen (secondary N) is 1. The summed E-state index contributed by atoms with van der Waals surface area (Å²) in [6.45, 7) is 7.87. The van der Waals surface area contributed by atoms with E-state index in [0.29, 0.717) is 12.0 Å². The van der Waals surface area contributed by atoms with Crippen molar-refractivity contribution in [1.29, 1.82) is 0 Å². The van der Waals surface area contributed by atoms with Crippen LogP contribution in [0.5, 0.6) is 0 Å². The van der Waals surface area contributed by atoms with Gasteiger partial charge in [-0.2, -0.15) is 0 Å². The predicted octanol–water partition coefficient (Wildman–Crippen LogP) is 3.24. The second kappa shape index (κ2) is 6.99. The van der Waals surface area contributed by atoms with Crippen LogP contribution < -0.4 is 5.32 Å². The molecule has 2 atom stereocenters. The van der Waals surface area contributed by atoms with Gasteiger partial charge in [-0.3, -0.25) is 0 Å². The lowest BCUT2D eigenvalue weighted by atomic mass is 9.86. The van der Waals surface area contributed by atoms with Crippen molar-refractivity contribution in [2.24, 2.45) is 0 Å². The van der Waals surface area contributed by atoms with Gasteiger partial charge in [0.2, 0.25) is 0 Å². The van der Waals surface area contributed by atoms with Gasteiger partial charge in [0.1, 0.15) is 6.33 Å². The highest BCUT2D eigenvalue weighted by atomic mass is 14.9. The smallest absolute Gasteiger partial charge is 0.115 e. The summed E-state index contributed by atoms with van der Waals surface area (Å²) in [6, 6.07) is 0.492. The molecule has 0 radical (unpaired) electrons. The van der Waals surface area contributed by atoms with Gasteiger partial charge in [0, 0.05) is 17.7 Å². The maximum atomic E-state index is 4.64. The highest BCUT2D eigenvalue weighted by Crippen LogP contribution is 2.29. The fraction of sp³-hybridized carbons (Fsp3) is 0.750. The van der Waals surface area contributed by atoms with Crippen molar-refractivity contribution in [3.8, 4) is 0 Å². The van der Waals surface area contributed by atoms with Crippen LogP contribution in [0.4, 0.5) is 0 Å². The van der Waals surface area contributed by atoms with Crippen LogP contribution in [0.25, 0.3) is 0 Å². The third-order valence-electron chi connectivity index (χ3n) is 4.27. The highest BCUT2D eigenvalue weighted by molar-refractivity contribution is 5.30. The number of rotatable bonds is 6. The van der Waals surface area contributed by atoms with Gasteiger partial charge in [-0.05, 0) is 57.6 Å². The van der Waals surface area contributed by atoms with E-state index in [4.69, 9.17) is 0 Å². The standard InChI is InChI=1S/C16H27N3/c1-4-10-17-12(3)13(5-2)16-14-8-6-7-9-15(14)18-11-19-16/h11-13,17H,4-10H2,1-3H3. The van der Waals surface area contributed by atoms with Crippen LogP contribution in [0.1, 0.15) is 69.3 Å². The van der Waals surface area contributed by atoms with Crippen molar-refractivity contribution in [2.75, 3.05) is 6.54 Å². The van der Waals surface area contributed by atoms with Crippen LogP contribution >= 0.6 is 0 Å². The van der Waals surface area contributed by atoms with Gasteiger partial charge in [-0.15, -0.1) is 0 Å². The Labute approximate surface area is 117 Å². The van der Waals surface area contributed by atoms with Crippen LogP contribution in [0.3, 0.4) is 0 Å². The SMILES string of the molecule is CCCNC(C)C(CC)c1ncnc2c1CCCC2. The summed E-state index contributed by atoms with van der Waals surface area (Å²) >= 11 is 0. The van der Waals surface area contributed by atoms with Crippen LogP contribution in [0, 0.1) is 0 Å². The Morgan fingerprint density at radius 2 is 2.00 bits per heavy atom. The van der Waals surface area contributed by atoms with E-state index < -0.39 is 0 Å². The van der Waals surface area contributed by atoms with Crippen molar-refractivity contribution < 1.29 is 0 Å². The Hall–Kier alpha value is -0.960. The molecule has 0 aromatic carbocycles. The minimum absolute atomic E-state index is 0.492. The third-order valence-corrected chi connectivity index (χ3v) is 4.27. The molecule has 0 bridgehead atoms. The number of hydrogen-bond donors (Lipinski definition) is 1. The molecule has 0 saturated heterocycles. The molecular weight excluding hydrogens is 234 g/mol. The molecule has 1 aliphatic carbocycles. The number of aromatic nitrogens is 2. The minimum Gasteiger partial charge on any atom is -0.314 e. The molecular formula is C16H27N3. The van der Waals surface area contributed by atoms with Crippen molar-refractivity contribution >= 4 is 0 Å². The van der Waals surface area contributed by atoms with E-state index in [9.17, 15) is 0 Å². The number of fused-ring (bicyclic) bond motifs is 1. The first kappa shape index (κ1) is 14.4. The molecule has 0 spiro atoms. The van der Waals surface area contributed by atoms with Gasteiger partial charge in [0.05, 0.1) is 5.69 Å². The Morgan fingerprint density at radius 1 is 1.21 bits per heavy atom. The molecule has 1 N–H and O–H groups in total. The molecule has 3 heteroatoms. The molecule has 1 aromatic heterocycles. The van der Waals surface area contributed by atoms with Gasteiger partial charge >= 0.3 is 0 Å². The first-order valence-corrected chi connectivity index (χ1v) is 7.83. The Kier molecular flexibility index (Phi) is 5.32. The number of hydrogen-bond acceptors (Lipinski definition) is 3. The van der Waals surface area contributed by atoms with E-state index in [2.05, 4.69) is 36.1 Å².